The second-order valence-electron chi connectivity index (χ2n) is 17.6. The second-order valence-corrected chi connectivity index (χ2v) is 20.3. The Morgan fingerprint density at radius 1 is 0.806 bits per heavy atom. The SMILES string of the molecule is Cc1ncsc1-c1ccc(CNC(=O)[C@H]2C[C@@H](O)CN2C(=O)[C@@H](NC(=O)OCC2c3ccccc3-c3ccccc32)C(C)(C)SC(c2ccccc2)(c2ccccc2)c2ccccc2)cc1F. The van der Waals surface area contributed by atoms with E-state index < -0.39 is 51.4 Å². The largest absolute Gasteiger partial charge is 0.449 e. The minimum Gasteiger partial charge on any atom is -0.449 e. The summed E-state index contributed by atoms with van der Waals surface area (Å²) in [5.41, 5.74) is 10.5. The van der Waals surface area contributed by atoms with Crippen LogP contribution < -0.4 is 10.6 Å². The van der Waals surface area contributed by atoms with Crippen LogP contribution in [0.2, 0.25) is 0 Å². The van der Waals surface area contributed by atoms with E-state index in [9.17, 15) is 14.7 Å². The van der Waals surface area contributed by atoms with Gasteiger partial charge in [-0.1, -0.05) is 152 Å². The molecular formula is C55H51FN4O5S2. The van der Waals surface area contributed by atoms with E-state index >= 15 is 9.18 Å². The van der Waals surface area contributed by atoms with Crippen molar-refractivity contribution in [3.63, 3.8) is 0 Å². The van der Waals surface area contributed by atoms with Crippen molar-refractivity contribution in [3.05, 3.63) is 208 Å². The van der Waals surface area contributed by atoms with Crippen LogP contribution in [0.15, 0.2) is 163 Å². The van der Waals surface area contributed by atoms with Gasteiger partial charge in [0.2, 0.25) is 11.8 Å². The van der Waals surface area contributed by atoms with Gasteiger partial charge in [0.1, 0.15) is 24.5 Å². The number of amides is 3. The number of aliphatic hydroxyl groups is 1. The Labute approximate surface area is 398 Å². The summed E-state index contributed by atoms with van der Waals surface area (Å²) in [4.78, 5) is 50.3. The quantitative estimate of drug-likeness (QED) is 0.0929. The number of benzene rings is 6. The first-order valence-electron chi connectivity index (χ1n) is 22.4. The van der Waals surface area contributed by atoms with Crippen LogP contribution in [0.1, 0.15) is 65.3 Å². The molecule has 0 spiro atoms. The number of aliphatic hydroxyl groups excluding tert-OH is 1. The summed E-state index contributed by atoms with van der Waals surface area (Å²) in [5, 5.41) is 17.1. The third-order valence-electron chi connectivity index (χ3n) is 12.9. The van der Waals surface area contributed by atoms with Crippen LogP contribution in [-0.4, -0.2) is 69.0 Å². The molecule has 1 fully saturated rings. The van der Waals surface area contributed by atoms with E-state index in [1.165, 1.54) is 34.1 Å². The predicted octanol–water partition coefficient (Wildman–Crippen LogP) is 10.2. The van der Waals surface area contributed by atoms with E-state index in [0.717, 1.165) is 49.5 Å². The van der Waals surface area contributed by atoms with Crippen LogP contribution in [0.25, 0.3) is 21.6 Å². The van der Waals surface area contributed by atoms with Crippen LogP contribution in [0.4, 0.5) is 9.18 Å². The van der Waals surface area contributed by atoms with Gasteiger partial charge in [-0.3, -0.25) is 9.59 Å². The zero-order valence-electron chi connectivity index (χ0n) is 37.4. The standard InChI is InChI=1S/C55H51FN4O5S2/c1-35-49(66-34-58-35)45-28-27-36(29-47(45)56)31-57-51(62)48-30-40(61)32-60(48)52(63)50(59-53(64)65-33-46-43-25-15-13-23-41(43)42-24-14-16-26-44(42)46)54(2,3)67-55(37-17-7-4-8-18-37,38-19-9-5-10-20-38)39-21-11-6-12-22-39/h4-29,34,40,46,48,50,61H,30-33H2,1-3H3,(H,57,62)(H,59,64)/t40-,48-,50-/m1/s1. The lowest BCUT2D eigenvalue weighted by Crippen LogP contribution is -2.60. The smallest absolute Gasteiger partial charge is 0.407 e. The highest BCUT2D eigenvalue weighted by molar-refractivity contribution is 8.02. The van der Waals surface area contributed by atoms with Crippen molar-refractivity contribution < 1.29 is 28.6 Å². The molecule has 3 N–H and O–H groups in total. The molecule has 7 aromatic rings. The van der Waals surface area contributed by atoms with Crippen LogP contribution in [0, 0.1) is 12.7 Å². The first-order chi connectivity index (χ1) is 32.4. The van der Waals surface area contributed by atoms with Crippen molar-refractivity contribution in [2.75, 3.05) is 13.2 Å². The van der Waals surface area contributed by atoms with Crippen LogP contribution in [0.3, 0.4) is 0 Å². The van der Waals surface area contributed by atoms with Gasteiger partial charge in [-0.05, 0) is 71.3 Å². The fourth-order valence-corrected chi connectivity index (χ4v) is 12.3. The Hall–Kier alpha value is -6.60. The number of thioether (sulfide) groups is 1. The number of carbonyl (C=O) groups is 3. The fourth-order valence-electron chi connectivity index (χ4n) is 9.63. The summed E-state index contributed by atoms with van der Waals surface area (Å²) in [6.07, 6.45) is -1.83. The first kappa shape index (κ1) is 45.6. The fraction of sp³-hybridized carbons (Fsp3) is 0.236. The molecule has 3 atom stereocenters. The Bertz CT molecular complexity index is 2750. The molecule has 340 valence electrons. The number of likely N-dealkylation sites (tertiary alicyclic amines) is 1. The van der Waals surface area contributed by atoms with E-state index in [1.54, 1.807) is 17.6 Å². The number of nitrogens with zero attached hydrogens (tertiary/aromatic N) is 2. The number of fused-ring (bicyclic) bond motifs is 3. The van der Waals surface area contributed by atoms with Crippen molar-refractivity contribution in [1.29, 1.82) is 0 Å². The van der Waals surface area contributed by atoms with Crippen molar-refractivity contribution in [3.8, 4) is 21.6 Å². The lowest BCUT2D eigenvalue weighted by Gasteiger charge is -2.45. The summed E-state index contributed by atoms with van der Waals surface area (Å²) in [6.45, 7) is 5.53. The monoisotopic (exact) mass is 930 g/mol. The van der Waals surface area contributed by atoms with Gasteiger partial charge in [0, 0.05) is 35.7 Å². The van der Waals surface area contributed by atoms with Crippen molar-refractivity contribution in [2.45, 2.75) is 67.3 Å². The topological polar surface area (TPSA) is 121 Å². The van der Waals surface area contributed by atoms with Gasteiger partial charge in [0.25, 0.3) is 0 Å². The van der Waals surface area contributed by atoms with Gasteiger partial charge in [0.05, 0.1) is 26.9 Å². The molecule has 0 saturated carbocycles. The van der Waals surface area contributed by atoms with E-state index in [2.05, 4.69) is 64.1 Å². The lowest BCUT2D eigenvalue weighted by atomic mass is 9.84. The molecule has 9 nitrogen and oxygen atoms in total. The Morgan fingerprint density at radius 3 is 1.90 bits per heavy atom. The molecule has 3 amide bonds. The number of β-amino-alcohol motifs (C(OH)–C–C–N with tert-alkyl or cyclic N) is 1. The third-order valence-corrected chi connectivity index (χ3v) is 15.6. The molecule has 1 aliphatic carbocycles. The summed E-state index contributed by atoms with van der Waals surface area (Å²) in [6, 6.07) is 48.8. The maximum absolute atomic E-state index is 15.5. The molecule has 1 aliphatic heterocycles. The number of nitrogens with one attached hydrogen (secondary N) is 2. The zero-order chi connectivity index (χ0) is 46.7. The van der Waals surface area contributed by atoms with Gasteiger partial charge in [-0.15, -0.1) is 23.1 Å². The van der Waals surface area contributed by atoms with Crippen molar-refractivity contribution in [2.24, 2.45) is 0 Å². The van der Waals surface area contributed by atoms with Gasteiger partial charge in [-0.2, -0.15) is 0 Å². The van der Waals surface area contributed by atoms with E-state index in [-0.39, 0.29) is 32.0 Å². The number of carbonyl (C=O) groups excluding carboxylic acids is 3. The number of aromatic nitrogens is 1. The lowest BCUT2D eigenvalue weighted by molar-refractivity contribution is -0.140. The summed E-state index contributed by atoms with van der Waals surface area (Å²) >= 11 is 2.87. The highest BCUT2D eigenvalue weighted by Crippen LogP contribution is 2.54. The molecule has 0 bridgehead atoms. The van der Waals surface area contributed by atoms with Gasteiger partial charge in [0.15, 0.2) is 0 Å². The predicted molar refractivity (Wildman–Crippen MR) is 263 cm³/mol. The highest BCUT2D eigenvalue weighted by Gasteiger charge is 2.51. The molecule has 6 aromatic carbocycles. The molecule has 67 heavy (non-hydrogen) atoms. The summed E-state index contributed by atoms with van der Waals surface area (Å²) in [7, 11) is 0. The summed E-state index contributed by atoms with van der Waals surface area (Å²) < 4.78 is 19.5. The minimum atomic E-state index is -1.28. The van der Waals surface area contributed by atoms with Crippen molar-refractivity contribution >= 4 is 41.0 Å². The molecular weight excluding hydrogens is 880 g/mol. The Morgan fingerprint density at radius 2 is 1.36 bits per heavy atom. The molecule has 2 heterocycles. The molecule has 0 unspecified atom stereocenters. The Kier molecular flexibility index (Phi) is 13.1. The van der Waals surface area contributed by atoms with E-state index in [4.69, 9.17) is 4.74 Å². The number of rotatable bonds is 14. The molecule has 2 aliphatic rings. The van der Waals surface area contributed by atoms with Gasteiger partial charge in [-0.25, -0.2) is 14.2 Å². The summed E-state index contributed by atoms with van der Waals surface area (Å²) in [5.74, 6) is -1.72. The average molecular weight is 931 g/mol. The molecule has 9 rings (SSSR count). The van der Waals surface area contributed by atoms with Crippen LogP contribution >= 0.6 is 23.1 Å². The number of aryl methyl sites for hydroxylation is 1. The first-order valence-corrected chi connectivity index (χ1v) is 24.1. The van der Waals surface area contributed by atoms with E-state index in [0.29, 0.717) is 11.1 Å². The molecule has 12 heteroatoms. The normalized spacial score (nSPS) is 16.2. The number of alkyl carbamates (subject to hydrolysis) is 1. The maximum atomic E-state index is 15.5. The Balaban J connectivity index is 1.04. The van der Waals surface area contributed by atoms with Gasteiger partial charge >= 0.3 is 6.09 Å². The van der Waals surface area contributed by atoms with E-state index in [1.807, 2.05) is 112 Å². The average Bonchev–Trinajstić information content (AvgIpc) is 4.06. The molecule has 0 radical (unpaired) electrons. The molecule has 1 saturated heterocycles. The maximum Gasteiger partial charge on any atom is 0.407 e. The third kappa shape index (κ3) is 9.13. The highest BCUT2D eigenvalue weighted by atomic mass is 32.2. The number of thiazole rings is 1. The number of hydrogen-bond donors (Lipinski definition) is 3. The number of hydrogen-bond acceptors (Lipinski definition) is 8. The number of ether oxygens (including phenoxy) is 1. The van der Waals surface area contributed by atoms with Crippen molar-refractivity contribution in [1.82, 2.24) is 20.5 Å². The van der Waals surface area contributed by atoms with Crippen LogP contribution in [0.5, 0.6) is 0 Å². The van der Waals surface area contributed by atoms with Crippen LogP contribution in [-0.2, 0) is 25.6 Å². The number of halogens is 1. The second kappa shape index (κ2) is 19.3. The van der Waals surface area contributed by atoms with Gasteiger partial charge < -0.3 is 25.4 Å². The molecule has 1 aromatic heterocycles. The zero-order valence-corrected chi connectivity index (χ0v) is 39.0. The minimum absolute atomic E-state index is 0.0111.